The van der Waals surface area contributed by atoms with Gasteiger partial charge in [-0.25, -0.2) is 0 Å². The fourth-order valence-corrected chi connectivity index (χ4v) is 2.40. The van der Waals surface area contributed by atoms with Crippen LogP contribution >= 0.6 is 11.6 Å². The summed E-state index contributed by atoms with van der Waals surface area (Å²) in [5.41, 5.74) is 2.68. The maximum absolute atomic E-state index is 10.7. The van der Waals surface area contributed by atoms with Crippen molar-refractivity contribution in [3.05, 3.63) is 58.1 Å². The Labute approximate surface area is 134 Å². The number of halogens is 1. The molecule has 0 spiro atoms. The van der Waals surface area contributed by atoms with Crippen LogP contribution in [0.4, 0.5) is 0 Å². The first kappa shape index (κ1) is 16.2. The van der Waals surface area contributed by atoms with Gasteiger partial charge in [0.1, 0.15) is 18.1 Å². The highest BCUT2D eigenvalue weighted by Crippen LogP contribution is 2.27. The van der Waals surface area contributed by atoms with Crippen molar-refractivity contribution in [3.8, 4) is 11.5 Å². The molecule has 2 aromatic rings. The van der Waals surface area contributed by atoms with Gasteiger partial charge in [0.25, 0.3) is 0 Å². The molecule has 0 heterocycles. The summed E-state index contributed by atoms with van der Waals surface area (Å²) < 4.78 is 10.9. The van der Waals surface area contributed by atoms with E-state index in [-0.39, 0.29) is 6.42 Å². The molecule has 0 atom stereocenters. The molecule has 116 valence electrons. The smallest absolute Gasteiger partial charge is 0.307 e. The van der Waals surface area contributed by atoms with E-state index in [1.54, 1.807) is 25.3 Å². The molecule has 0 fully saturated rings. The SMILES string of the molecule is COc1ccc(COc2ccc(CC(=O)O)cc2Cl)cc1C. The molecule has 5 heteroatoms. The van der Waals surface area contributed by atoms with Crippen LogP contribution in [0.3, 0.4) is 0 Å². The largest absolute Gasteiger partial charge is 0.496 e. The molecule has 0 saturated heterocycles. The topological polar surface area (TPSA) is 55.8 Å². The molecule has 1 N–H and O–H groups in total. The van der Waals surface area contributed by atoms with Crippen LogP contribution in [0.15, 0.2) is 36.4 Å². The van der Waals surface area contributed by atoms with Gasteiger partial charge < -0.3 is 14.6 Å². The normalized spacial score (nSPS) is 10.3. The highest BCUT2D eigenvalue weighted by Gasteiger charge is 2.07. The first-order valence-electron chi connectivity index (χ1n) is 6.76. The summed E-state index contributed by atoms with van der Waals surface area (Å²) in [5, 5.41) is 9.17. The van der Waals surface area contributed by atoms with Gasteiger partial charge in [-0.1, -0.05) is 23.7 Å². The van der Waals surface area contributed by atoms with Crippen LogP contribution in [0.1, 0.15) is 16.7 Å². The Morgan fingerprint density at radius 2 is 1.82 bits per heavy atom. The second-order valence-electron chi connectivity index (χ2n) is 4.93. The van der Waals surface area contributed by atoms with Gasteiger partial charge in [-0.3, -0.25) is 4.79 Å². The monoisotopic (exact) mass is 320 g/mol. The Morgan fingerprint density at radius 3 is 2.41 bits per heavy atom. The van der Waals surface area contributed by atoms with Crippen LogP contribution in [0, 0.1) is 6.92 Å². The molecule has 0 aromatic heterocycles. The molecular weight excluding hydrogens is 304 g/mol. The van der Waals surface area contributed by atoms with Gasteiger partial charge >= 0.3 is 5.97 Å². The summed E-state index contributed by atoms with van der Waals surface area (Å²) >= 11 is 6.12. The third-order valence-corrected chi connectivity index (χ3v) is 3.50. The zero-order valence-corrected chi connectivity index (χ0v) is 13.2. The number of methoxy groups -OCH3 is 1. The van der Waals surface area contributed by atoms with Crippen LogP contribution in [0.2, 0.25) is 5.02 Å². The van der Waals surface area contributed by atoms with Crippen molar-refractivity contribution in [1.82, 2.24) is 0 Å². The summed E-state index contributed by atoms with van der Waals surface area (Å²) in [6, 6.07) is 10.8. The standard InChI is InChI=1S/C17H17ClO4/c1-11-7-13(4-5-15(11)21-2)10-22-16-6-3-12(8-14(16)18)9-17(19)20/h3-8H,9-10H2,1-2H3,(H,19,20). The Hall–Kier alpha value is -2.20. The first-order chi connectivity index (χ1) is 10.5. The number of carbonyl (C=O) groups is 1. The van der Waals surface area contributed by atoms with Gasteiger partial charge in [0.15, 0.2) is 0 Å². The maximum Gasteiger partial charge on any atom is 0.307 e. The summed E-state index contributed by atoms with van der Waals surface area (Å²) in [5.74, 6) is 0.475. The molecule has 0 bridgehead atoms. The fraction of sp³-hybridized carbons (Fsp3) is 0.235. The molecule has 2 rings (SSSR count). The van der Waals surface area contributed by atoms with E-state index in [1.165, 1.54) is 0 Å². The summed E-state index contributed by atoms with van der Waals surface area (Å²) in [6.45, 7) is 2.35. The van der Waals surface area contributed by atoms with Crippen molar-refractivity contribution in [2.45, 2.75) is 20.0 Å². The van der Waals surface area contributed by atoms with E-state index in [1.807, 2.05) is 25.1 Å². The zero-order valence-electron chi connectivity index (χ0n) is 12.4. The third-order valence-electron chi connectivity index (χ3n) is 3.21. The molecule has 0 radical (unpaired) electrons. The minimum Gasteiger partial charge on any atom is -0.496 e. The third kappa shape index (κ3) is 4.15. The van der Waals surface area contributed by atoms with E-state index >= 15 is 0 Å². The van der Waals surface area contributed by atoms with Crippen LogP contribution in [0.5, 0.6) is 11.5 Å². The number of ether oxygens (including phenoxy) is 2. The van der Waals surface area contributed by atoms with Crippen molar-refractivity contribution in [2.75, 3.05) is 7.11 Å². The van der Waals surface area contributed by atoms with Crippen molar-refractivity contribution in [2.24, 2.45) is 0 Å². The summed E-state index contributed by atoms with van der Waals surface area (Å²) in [6.07, 6.45) is -0.0579. The summed E-state index contributed by atoms with van der Waals surface area (Å²) in [4.78, 5) is 10.7. The van der Waals surface area contributed by atoms with Crippen LogP contribution in [-0.2, 0) is 17.8 Å². The van der Waals surface area contributed by atoms with Crippen LogP contribution < -0.4 is 9.47 Å². The number of carboxylic acids is 1. The Kier molecular flexibility index (Phi) is 5.28. The average Bonchev–Trinajstić information content (AvgIpc) is 2.46. The Morgan fingerprint density at radius 1 is 1.14 bits per heavy atom. The van der Waals surface area contributed by atoms with Gasteiger partial charge in [0, 0.05) is 0 Å². The number of hydrogen-bond donors (Lipinski definition) is 1. The van der Waals surface area contributed by atoms with E-state index in [9.17, 15) is 4.79 Å². The molecule has 0 aliphatic rings. The predicted octanol–water partition coefficient (Wildman–Crippen LogP) is 3.86. The van der Waals surface area contributed by atoms with Gasteiger partial charge in [-0.15, -0.1) is 0 Å². The number of carboxylic acid groups (broad SMARTS) is 1. The number of aryl methyl sites for hydroxylation is 1. The van der Waals surface area contributed by atoms with Crippen molar-refractivity contribution in [3.63, 3.8) is 0 Å². The van der Waals surface area contributed by atoms with Gasteiger partial charge in [0.05, 0.1) is 18.6 Å². The molecule has 0 saturated carbocycles. The highest BCUT2D eigenvalue weighted by atomic mass is 35.5. The minimum atomic E-state index is -0.890. The van der Waals surface area contributed by atoms with E-state index in [4.69, 9.17) is 26.2 Å². The van der Waals surface area contributed by atoms with E-state index in [2.05, 4.69) is 0 Å². The fourth-order valence-electron chi connectivity index (χ4n) is 2.14. The maximum atomic E-state index is 10.7. The Balaban J connectivity index is 2.05. The second kappa shape index (κ2) is 7.18. The molecule has 0 amide bonds. The van der Waals surface area contributed by atoms with Gasteiger partial charge in [-0.05, 0) is 47.9 Å². The lowest BCUT2D eigenvalue weighted by atomic mass is 10.1. The molecule has 2 aromatic carbocycles. The Bertz CT molecular complexity index is 682. The van der Waals surface area contributed by atoms with Crippen LogP contribution in [-0.4, -0.2) is 18.2 Å². The second-order valence-corrected chi connectivity index (χ2v) is 5.34. The molecule has 0 aliphatic heterocycles. The lowest BCUT2D eigenvalue weighted by Gasteiger charge is -2.11. The number of hydrogen-bond acceptors (Lipinski definition) is 3. The lowest BCUT2D eigenvalue weighted by molar-refractivity contribution is -0.136. The highest BCUT2D eigenvalue weighted by molar-refractivity contribution is 6.32. The minimum absolute atomic E-state index is 0.0579. The molecule has 22 heavy (non-hydrogen) atoms. The van der Waals surface area contributed by atoms with Crippen molar-refractivity contribution in [1.29, 1.82) is 0 Å². The number of rotatable bonds is 6. The van der Waals surface area contributed by atoms with Gasteiger partial charge in [0.2, 0.25) is 0 Å². The van der Waals surface area contributed by atoms with Crippen LogP contribution in [0.25, 0.3) is 0 Å². The van der Waals surface area contributed by atoms with E-state index < -0.39 is 5.97 Å². The molecule has 0 aliphatic carbocycles. The number of aliphatic carboxylic acids is 1. The lowest BCUT2D eigenvalue weighted by Crippen LogP contribution is -2.01. The number of benzene rings is 2. The molecular formula is C17H17ClO4. The summed E-state index contributed by atoms with van der Waals surface area (Å²) in [7, 11) is 1.64. The van der Waals surface area contributed by atoms with Gasteiger partial charge in [-0.2, -0.15) is 0 Å². The average molecular weight is 321 g/mol. The zero-order chi connectivity index (χ0) is 16.1. The van der Waals surface area contributed by atoms with Crippen molar-refractivity contribution >= 4 is 17.6 Å². The first-order valence-corrected chi connectivity index (χ1v) is 7.14. The quantitative estimate of drug-likeness (QED) is 0.878. The molecule has 0 unspecified atom stereocenters. The van der Waals surface area contributed by atoms with E-state index in [0.717, 1.165) is 16.9 Å². The van der Waals surface area contributed by atoms with Crippen molar-refractivity contribution < 1.29 is 19.4 Å². The predicted molar refractivity (Wildman–Crippen MR) is 84.9 cm³/mol. The van der Waals surface area contributed by atoms with E-state index in [0.29, 0.717) is 22.9 Å². The molecule has 4 nitrogen and oxygen atoms in total.